The van der Waals surface area contributed by atoms with E-state index in [0.717, 1.165) is 14.4 Å². The number of hydrogen-bond acceptors (Lipinski definition) is 7. The topological polar surface area (TPSA) is 117 Å². The molecular formula is C20H17FN6O3S. The maximum Gasteiger partial charge on any atom is 0.346 e. The zero-order chi connectivity index (χ0) is 21.8. The minimum atomic E-state index is -0.349. The third kappa shape index (κ3) is 4.71. The Kier molecular flexibility index (Phi) is 5.92. The van der Waals surface area contributed by atoms with Crippen LogP contribution in [0.4, 0.5) is 10.1 Å². The van der Waals surface area contributed by atoms with Gasteiger partial charge in [0.2, 0.25) is 5.88 Å². The fourth-order valence-electron chi connectivity index (χ4n) is 2.80. The lowest BCUT2D eigenvalue weighted by molar-refractivity contribution is -0.118. The second-order valence-corrected chi connectivity index (χ2v) is 7.77. The minimum absolute atomic E-state index is 0.0142. The summed E-state index contributed by atoms with van der Waals surface area (Å²) in [6, 6.07) is 5.44. The molecule has 158 valence electrons. The Hall–Kier alpha value is -3.75. The van der Waals surface area contributed by atoms with Gasteiger partial charge in [-0.25, -0.2) is 18.9 Å². The average molecular weight is 440 g/mol. The SMILES string of the molecule is NC/C(=C\F)Cn1ncn(Cc2ccc(C#Cc3cnc4c(c3)NC(=O)CO4)s2)c1=O. The molecule has 4 heterocycles. The molecule has 31 heavy (non-hydrogen) atoms. The Morgan fingerprint density at radius 3 is 3.06 bits per heavy atom. The van der Waals surface area contributed by atoms with E-state index in [2.05, 4.69) is 27.2 Å². The molecule has 0 saturated heterocycles. The number of amides is 1. The number of ether oxygens (including phenoxy) is 1. The molecule has 3 aromatic rings. The van der Waals surface area contributed by atoms with Crippen LogP contribution in [0.15, 0.2) is 47.4 Å². The smallest absolute Gasteiger partial charge is 0.346 e. The summed E-state index contributed by atoms with van der Waals surface area (Å²) in [4.78, 5) is 29.7. The van der Waals surface area contributed by atoms with Crippen molar-refractivity contribution in [3.8, 4) is 17.7 Å². The molecule has 0 fully saturated rings. The van der Waals surface area contributed by atoms with Crippen molar-refractivity contribution >= 4 is 22.9 Å². The Balaban J connectivity index is 1.46. The van der Waals surface area contributed by atoms with Gasteiger partial charge < -0.3 is 15.8 Å². The van der Waals surface area contributed by atoms with Gasteiger partial charge in [-0.2, -0.15) is 5.10 Å². The first-order valence-corrected chi connectivity index (χ1v) is 10.0. The third-order valence-electron chi connectivity index (χ3n) is 4.35. The summed E-state index contributed by atoms with van der Waals surface area (Å²) >= 11 is 1.44. The van der Waals surface area contributed by atoms with Crippen LogP contribution in [-0.2, 0) is 17.9 Å². The second kappa shape index (κ2) is 8.95. The van der Waals surface area contributed by atoms with E-state index < -0.39 is 0 Å². The first-order chi connectivity index (χ1) is 15.1. The van der Waals surface area contributed by atoms with Gasteiger partial charge in [0.05, 0.1) is 24.3 Å². The van der Waals surface area contributed by atoms with Gasteiger partial charge in [-0.15, -0.1) is 11.3 Å². The van der Waals surface area contributed by atoms with E-state index in [-0.39, 0.29) is 36.9 Å². The summed E-state index contributed by atoms with van der Waals surface area (Å²) in [6.45, 7) is 0.306. The molecule has 0 spiro atoms. The van der Waals surface area contributed by atoms with Gasteiger partial charge in [0.25, 0.3) is 5.91 Å². The number of pyridine rings is 1. The lowest BCUT2D eigenvalue weighted by Gasteiger charge is -2.16. The highest BCUT2D eigenvalue weighted by molar-refractivity contribution is 7.12. The first-order valence-electron chi connectivity index (χ1n) is 9.19. The normalized spacial score (nSPS) is 13.1. The molecule has 0 saturated carbocycles. The Bertz CT molecular complexity index is 1280. The maximum atomic E-state index is 12.7. The molecule has 9 nitrogen and oxygen atoms in total. The van der Waals surface area contributed by atoms with Gasteiger partial charge in [-0.1, -0.05) is 11.8 Å². The number of nitrogens with two attached hydrogens (primary N) is 1. The highest BCUT2D eigenvalue weighted by atomic mass is 32.1. The standard InChI is InChI=1S/C20H17FN6O3S/c21-6-14(7-22)9-27-20(29)26(12-24-27)10-16-4-3-15(31-16)2-1-13-5-17-19(23-8-13)30-11-18(28)25-17/h3-6,8,12H,7,9-11,22H2,(H,25,28)/b14-6+. The number of halogens is 1. The van der Waals surface area contributed by atoms with E-state index in [4.69, 9.17) is 10.5 Å². The Labute approximate surface area is 180 Å². The predicted octanol–water partition coefficient (Wildman–Crippen LogP) is 1.09. The number of anilines is 1. The summed E-state index contributed by atoms with van der Waals surface area (Å²) < 4.78 is 20.5. The number of carbonyl (C=O) groups excluding carboxylic acids is 1. The van der Waals surface area contributed by atoms with Gasteiger partial charge >= 0.3 is 5.69 Å². The molecule has 0 aliphatic carbocycles. The van der Waals surface area contributed by atoms with E-state index in [0.29, 0.717) is 30.0 Å². The van der Waals surface area contributed by atoms with Crippen molar-refractivity contribution in [1.29, 1.82) is 0 Å². The Morgan fingerprint density at radius 1 is 1.39 bits per heavy atom. The zero-order valence-electron chi connectivity index (χ0n) is 16.2. The monoisotopic (exact) mass is 440 g/mol. The highest BCUT2D eigenvalue weighted by Crippen LogP contribution is 2.25. The number of hydrogen-bond donors (Lipinski definition) is 2. The Morgan fingerprint density at radius 2 is 2.26 bits per heavy atom. The fraction of sp³-hybridized carbons (Fsp3) is 0.200. The molecule has 1 aliphatic rings. The van der Waals surface area contributed by atoms with Crippen molar-refractivity contribution in [3.63, 3.8) is 0 Å². The van der Waals surface area contributed by atoms with Crippen molar-refractivity contribution in [2.45, 2.75) is 13.1 Å². The van der Waals surface area contributed by atoms with Crippen LogP contribution in [-0.4, -0.2) is 38.4 Å². The van der Waals surface area contributed by atoms with E-state index in [1.54, 1.807) is 12.3 Å². The summed E-state index contributed by atoms with van der Waals surface area (Å²) in [6.07, 6.45) is 3.39. The number of thiophene rings is 1. The summed E-state index contributed by atoms with van der Waals surface area (Å²) in [7, 11) is 0. The summed E-state index contributed by atoms with van der Waals surface area (Å²) in [5, 5.41) is 6.70. The average Bonchev–Trinajstić information content (AvgIpc) is 3.37. The van der Waals surface area contributed by atoms with Gasteiger partial charge in [0.1, 0.15) is 12.0 Å². The molecular weight excluding hydrogens is 423 g/mol. The number of nitrogens with zero attached hydrogens (tertiary/aromatic N) is 4. The van der Waals surface area contributed by atoms with E-state index in [1.807, 2.05) is 12.1 Å². The first kappa shape index (κ1) is 20.5. The third-order valence-corrected chi connectivity index (χ3v) is 5.33. The van der Waals surface area contributed by atoms with Crippen molar-refractivity contribution in [2.24, 2.45) is 5.73 Å². The van der Waals surface area contributed by atoms with Gasteiger partial charge in [0.15, 0.2) is 6.61 Å². The number of carbonyl (C=O) groups is 1. The largest absolute Gasteiger partial charge is 0.466 e. The molecule has 3 N–H and O–H groups in total. The van der Waals surface area contributed by atoms with Crippen molar-refractivity contribution in [3.05, 3.63) is 68.4 Å². The minimum Gasteiger partial charge on any atom is -0.466 e. The molecule has 0 radical (unpaired) electrons. The molecule has 0 bridgehead atoms. The van der Waals surface area contributed by atoms with Crippen LogP contribution in [0.1, 0.15) is 15.3 Å². The van der Waals surface area contributed by atoms with Crippen LogP contribution < -0.4 is 21.5 Å². The number of nitrogens with one attached hydrogen (secondary N) is 1. The van der Waals surface area contributed by atoms with E-state index in [1.165, 1.54) is 22.2 Å². The maximum absolute atomic E-state index is 12.7. The molecule has 3 aromatic heterocycles. The van der Waals surface area contributed by atoms with Crippen molar-refractivity contribution in [2.75, 3.05) is 18.5 Å². The van der Waals surface area contributed by atoms with Gasteiger partial charge in [0, 0.05) is 23.2 Å². The summed E-state index contributed by atoms with van der Waals surface area (Å²) in [5.41, 5.74) is 6.48. The highest BCUT2D eigenvalue weighted by Gasteiger charge is 2.17. The zero-order valence-corrected chi connectivity index (χ0v) is 17.0. The molecule has 0 aromatic carbocycles. The molecule has 0 unspecified atom stereocenters. The van der Waals surface area contributed by atoms with E-state index in [9.17, 15) is 14.0 Å². The molecule has 1 aliphatic heterocycles. The van der Waals surface area contributed by atoms with Gasteiger partial charge in [-0.3, -0.25) is 9.36 Å². The lowest BCUT2D eigenvalue weighted by Crippen LogP contribution is -2.26. The van der Waals surface area contributed by atoms with Crippen LogP contribution in [0.25, 0.3) is 0 Å². The number of fused-ring (bicyclic) bond motifs is 1. The van der Waals surface area contributed by atoms with Crippen LogP contribution in [0, 0.1) is 11.8 Å². The molecule has 4 rings (SSSR count). The van der Waals surface area contributed by atoms with Crippen LogP contribution in [0.2, 0.25) is 0 Å². The predicted molar refractivity (Wildman–Crippen MR) is 112 cm³/mol. The van der Waals surface area contributed by atoms with Crippen LogP contribution in [0.5, 0.6) is 5.88 Å². The molecule has 11 heteroatoms. The summed E-state index contributed by atoms with van der Waals surface area (Å²) in [5.74, 6) is 6.19. The number of aromatic nitrogens is 4. The second-order valence-electron chi connectivity index (χ2n) is 6.60. The quantitative estimate of drug-likeness (QED) is 0.574. The van der Waals surface area contributed by atoms with E-state index >= 15 is 0 Å². The van der Waals surface area contributed by atoms with Gasteiger partial charge in [-0.05, 0) is 23.8 Å². The number of rotatable bonds is 5. The van der Waals surface area contributed by atoms with Crippen molar-refractivity contribution < 1.29 is 13.9 Å². The van der Waals surface area contributed by atoms with Crippen molar-refractivity contribution in [1.82, 2.24) is 19.3 Å². The molecule has 1 amide bonds. The van der Waals surface area contributed by atoms with Crippen LogP contribution >= 0.6 is 11.3 Å². The lowest BCUT2D eigenvalue weighted by atomic mass is 10.2. The fourth-order valence-corrected chi connectivity index (χ4v) is 3.66. The van der Waals surface area contributed by atoms with Crippen LogP contribution in [0.3, 0.4) is 0 Å². The molecule has 0 atom stereocenters.